The molecule has 0 unspecified atom stereocenters. The molecular formula is C21H22N4O. The third-order valence-electron chi connectivity index (χ3n) is 4.80. The third kappa shape index (κ3) is 3.38. The van der Waals surface area contributed by atoms with Crippen LogP contribution in [0.1, 0.15) is 36.2 Å². The van der Waals surface area contributed by atoms with Gasteiger partial charge in [0.15, 0.2) is 5.69 Å². The van der Waals surface area contributed by atoms with Gasteiger partial charge in [0.05, 0.1) is 11.4 Å². The Bertz CT molecular complexity index is 809. The van der Waals surface area contributed by atoms with Crippen molar-refractivity contribution in [3.05, 3.63) is 66.6 Å². The van der Waals surface area contributed by atoms with E-state index >= 15 is 0 Å². The summed E-state index contributed by atoms with van der Waals surface area (Å²) in [6.07, 6.45) is 8.06. The van der Waals surface area contributed by atoms with Crippen LogP contribution in [-0.2, 0) is 0 Å². The summed E-state index contributed by atoms with van der Waals surface area (Å²) in [6.45, 7) is 1.64. The van der Waals surface area contributed by atoms with E-state index in [0.717, 1.165) is 42.9 Å². The Labute approximate surface area is 153 Å². The van der Waals surface area contributed by atoms with Gasteiger partial charge in [0.25, 0.3) is 5.91 Å². The standard InChI is InChI=1S/C21H22N4O/c26-21(24-14-6-1-2-7-15-24)19-16-20(17-10-12-22-13-11-17)25(23-19)18-8-4-3-5-9-18/h3-5,8-13,16H,1-2,6-7,14-15H2. The minimum atomic E-state index is 0.0249. The van der Waals surface area contributed by atoms with Gasteiger partial charge in [-0.1, -0.05) is 31.0 Å². The topological polar surface area (TPSA) is 51.0 Å². The zero-order valence-corrected chi connectivity index (χ0v) is 14.7. The van der Waals surface area contributed by atoms with Crippen molar-refractivity contribution in [3.8, 4) is 16.9 Å². The molecule has 1 amide bonds. The van der Waals surface area contributed by atoms with Gasteiger partial charge < -0.3 is 4.90 Å². The smallest absolute Gasteiger partial charge is 0.274 e. The number of hydrogen-bond acceptors (Lipinski definition) is 3. The lowest BCUT2D eigenvalue weighted by atomic mass is 10.1. The molecule has 0 atom stereocenters. The number of rotatable bonds is 3. The highest BCUT2D eigenvalue weighted by molar-refractivity contribution is 5.93. The molecule has 4 rings (SSSR count). The fourth-order valence-electron chi connectivity index (χ4n) is 3.42. The quantitative estimate of drug-likeness (QED) is 0.721. The lowest BCUT2D eigenvalue weighted by molar-refractivity contribution is 0.0755. The maximum atomic E-state index is 13.0. The molecule has 1 saturated heterocycles. The number of pyridine rings is 1. The molecule has 0 saturated carbocycles. The van der Waals surface area contributed by atoms with Crippen LogP contribution in [0.15, 0.2) is 60.9 Å². The van der Waals surface area contributed by atoms with Crippen LogP contribution >= 0.6 is 0 Å². The van der Waals surface area contributed by atoms with Crippen LogP contribution in [-0.4, -0.2) is 38.7 Å². The van der Waals surface area contributed by atoms with E-state index in [9.17, 15) is 4.79 Å². The number of carbonyl (C=O) groups excluding carboxylic acids is 1. The van der Waals surface area contributed by atoms with Crippen LogP contribution in [0.5, 0.6) is 0 Å². The first kappa shape index (κ1) is 16.5. The van der Waals surface area contributed by atoms with Crippen molar-refractivity contribution >= 4 is 5.91 Å². The summed E-state index contributed by atoms with van der Waals surface area (Å²) in [4.78, 5) is 19.1. The maximum absolute atomic E-state index is 13.0. The molecule has 1 fully saturated rings. The van der Waals surface area contributed by atoms with Crippen molar-refractivity contribution < 1.29 is 4.79 Å². The summed E-state index contributed by atoms with van der Waals surface area (Å²) in [5.74, 6) is 0.0249. The van der Waals surface area contributed by atoms with Crippen LogP contribution in [0.4, 0.5) is 0 Å². The van der Waals surface area contributed by atoms with E-state index in [1.807, 2.05) is 58.1 Å². The third-order valence-corrected chi connectivity index (χ3v) is 4.80. The average molecular weight is 346 g/mol. The second kappa shape index (κ2) is 7.52. The van der Waals surface area contributed by atoms with Gasteiger partial charge in [-0.15, -0.1) is 0 Å². The fraction of sp³-hybridized carbons (Fsp3) is 0.286. The number of likely N-dealkylation sites (tertiary alicyclic amines) is 1. The number of amides is 1. The van der Waals surface area contributed by atoms with Gasteiger partial charge in [0.2, 0.25) is 0 Å². The Balaban J connectivity index is 1.75. The summed E-state index contributed by atoms with van der Waals surface area (Å²) < 4.78 is 1.85. The first-order valence-corrected chi connectivity index (χ1v) is 9.18. The van der Waals surface area contributed by atoms with E-state index in [4.69, 9.17) is 0 Å². The summed E-state index contributed by atoms with van der Waals surface area (Å²) >= 11 is 0. The second-order valence-corrected chi connectivity index (χ2v) is 6.60. The van der Waals surface area contributed by atoms with Crippen LogP contribution in [0, 0.1) is 0 Å². The Hall–Kier alpha value is -2.95. The molecule has 2 aromatic heterocycles. The van der Waals surface area contributed by atoms with Gasteiger partial charge in [0.1, 0.15) is 0 Å². The number of benzene rings is 1. The number of carbonyl (C=O) groups is 1. The molecule has 3 aromatic rings. The number of hydrogen-bond donors (Lipinski definition) is 0. The van der Waals surface area contributed by atoms with Crippen molar-refractivity contribution in [3.63, 3.8) is 0 Å². The first-order chi connectivity index (χ1) is 12.8. The van der Waals surface area contributed by atoms with Crippen molar-refractivity contribution in [2.75, 3.05) is 13.1 Å². The van der Waals surface area contributed by atoms with Crippen molar-refractivity contribution in [2.45, 2.75) is 25.7 Å². The Morgan fingerprint density at radius 2 is 1.58 bits per heavy atom. The first-order valence-electron chi connectivity index (χ1n) is 9.18. The van der Waals surface area contributed by atoms with Gasteiger partial charge >= 0.3 is 0 Å². The maximum Gasteiger partial charge on any atom is 0.274 e. The van der Waals surface area contributed by atoms with Gasteiger partial charge in [-0.2, -0.15) is 5.10 Å². The normalized spacial score (nSPS) is 14.8. The zero-order valence-electron chi connectivity index (χ0n) is 14.7. The van der Waals surface area contributed by atoms with E-state index in [1.54, 1.807) is 12.4 Å². The number of para-hydroxylation sites is 1. The average Bonchev–Trinajstić information content (AvgIpc) is 2.97. The summed E-state index contributed by atoms with van der Waals surface area (Å²) in [6, 6.07) is 15.7. The molecule has 0 spiro atoms. The predicted octanol–water partition coefficient (Wildman–Crippen LogP) is 3.95. The molecule has 0 radical (unpaired) electrons. The van der Waals surface area contributed by atoms with Gasteiger partial charge in [-0.05, 0) is 43.2 Å². The molecule has 26 heavy (non-hydrogen) atoms. The van der Waals surface area contributed by atoms with Crippen LogP contribution in [0.25, 0.3) is 16.9 Å². The SMILES string of the molecule is O=C(c1cc(-c2ccncc2)n(-c2ccccc2)n1)N1CCCCCC1. The van der Waals surface area contributed by atoms with E-state index in [-0.39, 0.29) is 5.91 Å². The lowest BCUT2D eigenvalue weighted by Crippen LogP contribution is -2.32. The number of aromatic nitrogens is 3. The van der Waals surface area contributed by atoms with Gasteiger partial charge in [-0.25, -0.2) is 4.68 Å². The van der Waals surface area contributed by atoms with E-state index in [1.165, 1.54) is 12.8 Å². The molecule has 5 nitrogen and oxygen atoms in total. The van der Waals surface area contributed by atoms with E-state index in [0.29, 0.717) is 5.69 Å². The summed E-state index contributed by atoms with van der Waals surface area (Å²) in [5.41, 5.74) is 3.33. The molecule has 1 aliphatic heterocycles. The molecular weight excluding hydrogens is 324 g/mol. The predicted molar refractivity (Wildman–Crippen MR) is 101 cm³/mol. The van der Waals surface area contributed by atoms with E-state index < -0.39 is 0 Å². The molecule has 0 aliphatic carbocycles. The van der Waals surface area contributed by atoms with Crippen molar-refractivity contribution in [2.24, 2.45) is 0 Å². The molecule has 132 valence electrons. The monoisotopic (exact) mass is 346 g/mol. The zero-order chi connectivity index (χ0) is 17.8. The van der Waals surface area contributed by atoms with E-state index in [2.05, 4.69) is 10.1 Å². The van der Waals surface area contributed by atoms with Crippen molar-refractivity contribution in [1.82, 2.24) is 19.7 Å². The highest BCUT2D eigenvalue weighted by Gasteiger charge is 2.22. The molecule has 0 N–H and O–H groups in total. The highest BCUT2D eigenvalue weighted by atomic mass is 16.2. The van der Waals surface area contributed by atoms with Crippen molar-refractivity contribution in [1.29, 1.82) is 0 Å². The Morgan fingerprint density at radius 3 is 2.27 bits per heavy atom. The second-order valence-electron chi connectivity index (χ2n) is 6.60. The van der Waals surface area contributed by atoms with Crippen LogP contribution in [0.2, 0.25) is 0 Å². The van der Waals surface area contributed by atoms with Crippen LogP contribution < -0.4 is 0 Å². The fourth-order valence-corrected chi connectivity index (χ4v) is 3.42. The lowest BCUT2D eigenvalue weighted by Gasteiger charge is -2.18. The molecule has 3 heterocycles. The minimum Gasteiger partial charge on any atom is -0.337 e. The van der Waals surface area contributed by atoms with Crippen LogP contribution in [0.3, 0.4) is 0 Å². The molecule has 1 aromatic carbocycles. The largest absolute Gasteiger partial charge is 0.337 e. The molecule has 0 bridgehead atoms. The highest BCUT2D eigenvalue weighted by Crippen LogP contribution is 2.24. The molecule has 5 heteroatoms. The molecule has 1 aliphatic rings. The summed E-state index contributed by atoms with van der Waals surface area (Å²) in [5, 5.41) is 4.67. The number of nitrogens with zero attached hydrogens (tertiary/aromatic N) is 4. The summed E-state index contributed by atoms with van der Waals surface area (Å²) in [7, 11) is 0. The van der Waals surface area contributed by atoms with Gasteiger partial charge in [-0.3, -0.25) is 9.78 Å². The Morgan fingerprint density at radius 1 is 0.885 bits per heavy atom. The Kier molecular flexibility index (Phi) is 4.78. The minimum absolute atomic E-state index is 0.0249. The van der Waals surface area contributed by atoms with Gasteiger partial charge in [0, 0.05) is 31.0 Å².